The molecule has 2 aliphatic heterocycles. The number of likely N-dealkylation sites (tertiary alicyclic amines) is 1. The van der Waals surface area contributed by atoms with Crippen LogP contribution in [0, 0.1) is 5.41 Å². The van der Waals surface area contributed by atoms with E-state index in [1.54, 1.807) is 4.68 Å². The van der Waals surface area contributed by atoms with Crippen LogP contribution in [0.5, 0.6) is 0 Å². The first-order valence-corrected chi connectivity index (χ1v) is 12.2. The highest BCUT2D eigenvalue weighted by molar-refractivity contribution is 5.85. The molecule has 0 atom stereocenters. The molecule has 184 valence electrons. The largest absolute Gasteiger partial charge is 0.388 e. The monoisotopic (exact) mass is 480 g/mol. The molecular formula is C25H29FN6O3. The van der Waals surface area contributed by atoms with Crippen LogP contribution in [0.1, 0.15) is 32.6 Å². The summed E-state index contributed by atoms with van der Waals surface area (Å²) in [6.45, 7) is 3.92. The van der Waals surface area contributed by atoms with Gasteiger partial charge in [0, 0.05) is 24.2 Å². The zero-order chi connectivity index (χ0) is 24.4. The molecule has 3 aliphatic rings. The van der Waals surface area contributed by atoms with Crippen LogP contribution in [0.25, 0.3) is 16.7 Å². The van der Waals surface area contributed by atoms with E-state index in [2.05, 4.69) is 10.1 Å². The molecule has 3 fully saturated rings. The number of halogens is 1. The van der Waals surface area contributed by atoms with Crippen molar-refractivity contribution >= 4 is 22.6 Å². The average Bonchev–Trinajstić information content (AvgIpc) is 3.44. The number of nitrogens with zero attached hydrogens (tertiary/aromatic N) is 6. The van der Waals surface area contributed by atoms with E-state index in [9.17, 15) is 19.1 Å². The molecule has 9 nitrogen and oxygen atoms in total. The van der Waals surface area contributed by atoms with Crippen LogP contribution in [0.3, 0.4) is 0 Å². The summed E-state index contributed by atoms with van der Waals surface area (Å²) in [5, 5.41) is 15.9. The van der Waals surface area contributed by atoms with Crippen molar-refractivity contribution in [3.8, 4) is 5.69 Å². The van der Waals surface area contributed by atoms with Crippen molar-refractivity contribution < 1.29 is 14.3 Å². The van der Waals surface area contributed by atoms with Crippen molar-refractivity contribution in [3.05, 3.63) is 47.1 Å². The van der Waals surface area contributed by atoms with Gasteiger partial charge in [-0.1, -0.05) is 6.92 Å². The van der Waals surface area contributed by atoms with E-state index in [-0.39, 0.29) is 23.4 Å². The van der Waals surface area contributed by atoms with E-state index in [0.717, 1.165) is 24.2 Å². The lowest BCUT2D eigenvalue weighted by Gasteiger charge is -2.39. The van der Waals surface area contributed by atoms with Gasteiger partial charge in [-0.3, -0.25) is 14.2 Å². The van der Waals surface area contributed by atoms with Gasteiger partial charge in [0.2, 0.25) is 5.91 Å². The number of anilines is 1. The Morgan fingerprint density at radius 2 is 1.77 bits per heavy atom. The van der Waals surface area contributed by atoms with Gasteiger partial charge in [0.25, 0.3) is 5.56 Å². The van der Waals surface area contributed by atoms with Gasteiger partial charge in [-0.25, -0.2) is 14.1 Å². The van der Waals surface area contributed by atoms with Gasteiger partial charge in [0.05, 0.1) is 37.1 Å². The van der Waals surface area contributed by atoms with Crippen LogP contribution in [0.2, 0.25) is 0 Å². The molecule has 0 unspecified atom stereocenters. The van der Waals surface area contributed by atoms with E-state index >= 15 is 0 Å². The summed E-state index contributed by atoms with van der Waals surface area (Å²) in [4.78, 5) is 34.1. The fourth-order valence-corrected chi connectivity index (χ4v) is 5.07. The van der Waals surface area contributed by atoms with Crippen molar-refractivity contribution in [2.24, 2.45) is 5.41 Å². The first-order chi connectivity index (χ1) is 16.7. The maximum Gasteiger partial charge on any atom is 0.264 e. The van der Waals surface area contributed by atoms with E-state index < -0.39 is 11.8 Å². The molecule has 1 N–H and O–H groups in total. The summed E-state index contributed by atoms with van der Waals surface area (Å²) in [5.41, 5.74) is 0.602. The predicted octanol–water partition coefficient (Wildman–Crippen LogP) is 1.89. The summed E-state index contributed by atoms with van der Waals surface area (Å²) in [6.07, 6.45) is 4.90. The summed E-state index contributed by atoms with van der Waals surface area (Å²) in [6, 6.07) is 7.57. The summed E-state index contributed by atoms with van der Waals surface area (Å²) < 4.78 is 16.2. The lowest BCUT2D eigenvalue weighted by atomic mass is 9.90. The van der Waals surface area contributed by atoms with Gasteiger partial charge >= 0.3 is 0 Å². The molecule has 1 amide bonds. The Labute approximate surface area is 201 Å². The lowest BCUT2D eigenvalue weighted by molar-refractivity contribution is -0.141. The number of rotatable bonds is 5. The lowest BCUT2D eigenvalue weighted by Crippen LogP contribution is -2.51. The van der Waals surface area contributed by atoms with Crippen LogP contribution in [0.15, 0.2) is 41.6 Å². The number of alkyl halides is 1. The summed E-state index contributed by atoms with van der Waals surface area (Å²) in [5.74, 6) is 0.178. The predicted molar refractivity (Wildman–Crippen MR) is 128 cm³/mol. The standard InChI is InChI=1S/C25H29FN6O3/c1-24(6-7-24)23(34)29-10-8-25(35,9-11-29)15-31-16-27-21-20(22(31)33)12-28-32(21)19-4-2-18(3-5-19)30-13-17(26)14-30/h2-5,12,16-17,35H,6-11,13-15H2,1H3. The Morgan fingerprint density at radius 3 is 2.40 bits per heavy atom. The third-order valence-corrected chi connectivity index (χ3v) is 7.81. The number of aliphatic hydroxyl groups is 1. The second-order valence-electron chi connectivity index (χ2n) is 10.6. The van der Waals surface area contributed by atoms with Crippen LogP contribution in [-0.4, -0.2) is 73.2 Å². The van der Waals surface area contributed by atoms with Gasteiger partial charge in [-0.15, -0.1) is 0 Å². The topological polar surface area (TPSA) is 96.5 Å². The average molecular weight is 481 g/mol. The molecule has 1 saturated carbocycles. The van der Waals surface area contributed by atoms with Crippen molar-refractivity contribution in [3.63, 3.8) is 0 Å². The van der Waals surface area contributed by atoms with Gasteiger partial charge in [-0.05, 0) is 49.9 Å². The van der Waals surface area contributed by atoms with Crippen molar-refractivity contribution in [2.45, 2.75) is 50.9 Å². The highest BCUT2D eigenvalue weighted by atomic mass is 19.1. The molecule has 0 bridgehead atoms. The van der Waals surface area contributed by atoms with Gasteiger partial charge in [0.15, 0.2) is 5.65 Å². The number of benzene rings is 1. The van der Waals surface area contributed by atoms with E-state index in [4.69, 9.17) is 0 Å². The quantitative estimate of drug-likeness (QED) is 0.599. The molecule has 0 spiro atoms. The number of piperidine rings is 1. The Hall–Kier alpha value is -3.27. The highest BCUT2D eigenvalue weighted by Crippen LogP contribution is 2.47. The number of hydrogen-bond acceptors (Lipinski definition) is 6. The van der Waals surface area contributed by atoms with Gasteiger partial charge < -0.3 is 14.9 Å². The van der Waals surface area contributed by atoms with Gasteiger partial charge in [-0.2, -0.15) is 5.10 Å². The molecule has 2 saturated heterocycles. The minimum Gasteiger partial charge on any atom is -0.388 e. The third-order valence-electron chi connectivity index (χ3n) is 7.81. The maximum atomic E-state index is 13.2. The molecular weight excluding hydrogens is 451 g/mol. The van der Waals surface area contributed by atoms with Crippen LogP contribution < -0.4 is 10.5 Å². The number of aromatic nitrogens is 4. The number of fused-ring (bicyclic) bond motifs is 1. The third kappa shape index (κ3) is 3.89. The first-order valence-electron chi connectivity index (χ1n) is 12.2. The number of hydrogen-bond donors (Lipinski definition) is 1. The second kappa shape index (κ2) is 7.87. The number of carbonyl (C=O) groups excluding carboxylic acids is 1. The Morgan fingerprint density at radius 1 is 1.11 bits per heavy atom. The smallest absolute Gasteiger partial charge is 0.264 e. The molecule has 10 heteroatoms. The minimum absolute atomic E-state index is 0.124. The van der Waals surface area contributed by atoms with E-state index in [0.29, 0.717) is 50.1 Å². The van der Waals surface area contributed by atoms with Crippen molar-refractivity contribution in [2.75, 3.05) is 31.1 Å². The first kappa shape index (κ1) is 22.2. The molecule has 1 aromatic carbocycles. The zero-order valence-electron chi connectivity index (χ0n) is 19.7. The minimum atomic E-state index is -1.07. The number of carbonyl (C=O) groups is 1. The summed E-state index contributed by atoms with van der Waals surface area (Å²) in [7, 11) is 0. The molecule has 35 heavy (non-hydrogen) atoms. The molecule has 0 radical (unpaired) electrons. The molecule has 1 aliphatic carbocycles. The molecule has 4 heterocycles. The Balaban J connectivity index is 1.18. The van der Waals surface area contributed by atoms with Gasteiger partial charge in [0.1, 0.15) is 17.9 Å². The van der Waals surface area contributed by atoms with Crippen molar-refractivity contribution in [1.82, 2.24) is 24.2 Å². The normalized spacial score (nSPS) is 21.2. The Bertz CT molecular complexity index is 1330. The van der Waals surface area contributed by atoms with E-state index in [1.165, 1.54) is 17.1 Å². The number of amides is 1. The molecule has 3 aromatic rings. The zero-order valence-corrected chi connectivity index (χ0v) is 19.7. The van der Waals surface area contributed by atoms with Crippen LogP contribution >= 0.6 is 0 Å². The SMILES string of the molecule is CC1(C(=O)N2CCC(O)(Cn3cnc4c(cnn4-c4ccc(N5CC(F)C5)cc4)c3=O)CC2)CC1. The maximum absolute atomic E-state index is 13.2. The summed E-state index contributed by atoms with van der Waals surface area (Å²) >= 11 is 0. The fraction of sp³-hybridized carbons (Fsp3) is 0.520. The molecule has 2 aromatic heterocycles. The van der Waals surface area contributed by atoms with E-state index in [1.807, 2.05) is 41.0 Å². The Kier molecular flexibility index (Phi) is 5.00. The second-order valence-corrected chi connectivity index (χ2v) is 10.6. The van der Waals surface area contributed by atoms with Crippen LogP contribution in [0.4, 0.5) is 10.1 Å². The highest BCUT2D eigenvalue weighted by Gasteiger charge is 2.48. The van der Waals surface area contributed by atoms with Crippen LogP contribution in [-0.2, 0) is 11.3 Å². The molecule has 6 rings (SSSR count). The fourth-order valence-electron chi connectivity index (χ4n) is 5.07. The van der Waals surface area contributed by atoms with Crippen molar-refractivity contribution in [1.29, 1.82) is 0 Å².